The summed E-state index contributed by atoms with van der Waals surface area (Å²) in [6, 6.07) is 15.5. The fourth-order valence-electron chi connectivity index (χ4n) is 1.65. The fraction of sp³-hybridized carbons (Fsp3) is 0.200. The van der Waals surface area contributed by atoms with Crippen molar-refractivity contribution >= 4 is 0 Å². The molecular formula is C15H16O2. The summed E-state index contributed by atoms with van der Waals surface area (Å²) in [4.78, 5) is 0. The standard InChI is InChI=1S/C15H16O2/c1-12-11-14(7-8-15(12)16)17-10-9-13-5-3-2-4-6-13/h2-8,11,16H,9-10H2,1H3. The van der Waals surface area contributed by atoms with E-state index < -0.39 is 0 Å². The van der Waals surface area contributed by atoms with E-state index in [1.54, 1.807) is 12.1 Å². The highest BCUT2D eigenvalue weighted by atomic mass is 16.5. The molecule has 0 aromatic heterocycles. The van der Waals surface area contributed by atoms with Crippen molar-refractivity contribution in [3.8, 4) is 11.5 Å². The molecule has 1 N–H and O–H groups in total. The molecule has 0 fully saturated rings. The van der Waals surface area contributed by atoms with Gasteiger partial charge in [-0.15, -0.1) is 0 Å². The van der Waals surface area contributed by atoms with E-state index in [9.17, 15) is 5.11 Å². The van der Waals surface area contributed by atoms with Crippen LogP contribution in [0, 0.1) is 6.92 Å². The molecule has 0 saturated carbocycles. The number of phenolic OH excluding ortho intramolecular Hbond substituents is 1. The molecule has 88 valence electrons. The second-order valence-corrected chi connectivity index (χ2v) is 4.03. The van der Waals surface area contributed by atoms with Crippen molar-refractivity contribution in [2.45, 2.75) is 13.3 Å². The van der Waals surface area contributed by atoms with E-state index in [1.807, 2.05) is 31.2 Å². The molecule has 0 aliphatic rings. The van der Waals surface area contributed by atoms with Gasteiger partial charge in [0.1, 0.15) is 11.5 Å². The van der Waals surface area contributed by atoms with Gasteiger partial charge in [0.05, 0.1) is 6.61 Å². The zero-order valence-electron chi connectivity index (χ0n) is 9.89. The summed E-state index contributed by atoms with van der Waals surface area (Å²) < 4.78 is 5.63. The number of aromatic hydroxyl groups is 1. The molecule has 0 aliphatic heterocycles. The Morgan fingerprint density at radius 1 is 1.06 bits per heavy atom. The Kier molecular flexibility index (Phi) is 3.66. The van der Waals surface area contributed by atoms with Crippen molar-refractivity contribution in [2.24, 2.45) is 0 Å². The molecule has 2 nitrogen and oxygen atoms in total. The number of hydrogen-bond donors (Lipinski definition) is 1. The molecule has 0 atom stereocenters. The van der Waals surface area contributed by atoms with Crippen molar-refractivity contribution in [3.63, 3.8) is 0 Å². The van der Waals surface area contributed by atoms with Crippen molar-refractivity contribution in [1.29, 1.82) is 0 Å². The predicted octanol–water partition coefficient (Wildman–Crippen LogP) is 3.32. The fourth-order valence-corrected chi connectivity index (χ4v) is 1.65. The Bertz CT molecular complexity index is 478. The monoisotopic (exact) mass is 228 g/mol. The van der Waals surface area contributed by atoms with Crippen LogP contribution in [0.4, 0.5) is 0 Å². The van der Waals surface area contributed by atoms with Gasteiger partial charge in [0.15, 0.2) is 0 Å². The Labute approximate surface area is 101 Å². The molecule has 0 radical (unpaired) electrons. The second-order valence-electron chi connectivity index (χ2n) is 4.03. The average Bonchev–Trinajstić information content (AvgIpc) is 2.35. The first-order valence-corrected chi connectivity index (χ1v) is 5.72. The normalized spacial score (nSPS) is 10.2. The van der Waals surface area contributed by atoms with Gasteiger partial charge in [-0.05, 0) is 36.2 Å². The summed E-state index contributed by atoms with van der Waals surface area (Å²) in [5, 5.41) is 9.39. The summed E-state index contributed by atoms with van der Waals surface area (Å²) in [5.74, 6) is 1.11. The molecule has 17 heavy (non-hydrogen) atoms. The van der Waals surface area contributed by atoms with Gasteiger partial charge in [0.25, 0.3) is 0 Å². The lowest BCUT2D eigenvalue weighted by molar-refractivity contribution is 0.321. The molecule has 0 spiro atoms. The van der Waals surface area contributed by atoms with E-state index in [-0.39, 0.29) is 0 Å². The van der Waals surface area contributed by atoms with Gasteiger partial charge in [-0.1, -0.05) is 30.3 Å². The smallest absolute Gasteiger partial charge is 0.119 e. The quantitative estimate of drug-likeness (QED) is 0.869. The molecule has 2 aromatic carbocycles. The van der Waals surface area contributed by atoms with Gasteiger partial charge in [0.2, 0.25) is 0 Å². The Morgan fingerprint density at radius 3 is 2.53 bits per heavy atom. The molecule has 2 aromatic rings. The number of phenols is 1. The minimum atomic E-state index is 0.306. The Hall–Kier alpha value is -1.96. The third kappa shape index (κ3) is 3.25. The molecule has 0 unspecified atom stereocenters. The van der Waals surface area contributed by atoms with E-state index in [1.165, 1.54) is 5.56 Å². The van der Waals surface area contributed by atoms with Crippen molar-refractivity contribution in [3.05, 3.63) is 59.7 Å². The van der Waals surface area contributed by atoms with Gasteiger partial charge >= 0.3 is 0 Å². The SMILES string of the molecule is Cc1cc(OCCc2ccccc2)ccc1O. The molecule has 0 heterocycles. The van der Waals surface area contributed by atoms with Crippen molar-refractivity contribution in [2.75, 3.05) is 6.61 Å². The van der Waals surface area contributed by atoms with Crippen LogP contribution < -0.4 is 4.74 Å². The first-order chi connectivity index (χ1) is 8.25. The maximum Gasteiger partial charge on any atom is 0.119 e. The van der Waals surface area contributed by atoms with E-state index in [4.69, 9.17) is 4.74 Å². The highest BCUT2D eigenvalue weighted by Gasteiger charge is 1.99. The van der Waals surface area contributed by atoms with Gasteiger partial charge in [-0.2, -0.15) is 0 Å². The number of ether oxygens (including phenoxy) is 1. The summed E-state index contributed by atoms with van der Waals surface area (Å²) in [6.07, 6.45) is 0.890. The Balaban J connectivity index is 1.88. The second kappa shape index (κ2) is 5.39. The van der Waals surface area contributed by atoms with Crippen LogP contribution in [0.3, 0.4) is 0 Å². The zero-order chi connectivity index (χ0) is 12.1. The molecular weight excluding hydrogens is 212 g/mol. The summed E-state index contributed by atoms with van der Waals surface area (Å²) >= 11 is 0. The number of hydrogen-bond acceptors (Lipinski definition) is 2. The number of aryl methyl sites for hydroxylation is 1. The number of benzene rings is 2. The maximum absolute atomic E-state index is 9.39. The van der Waals surface area contributed by atoms with Gasteiger partial charge in [-0.3, -0.25) is 0 Å². The lowest BCUT2D eigenvalue weighted by Crippen LogP contribution is -2.01. The van der Waals surface area contributed by atoms with E-state index in [0.717, 1.165) is 17.7 Å². The van der Waals surface area contributed by atoms with Crippen LogP contribution >= 0.6 is 0 Å². The molecule has 0 saturated heterocycles. The molecule has 2 heteroatoms. The highest BCUT2D eigenvalue weighted by molar-refractivity contribution is 5.38. The van der Waals surface area contributed by atoms with E-state index >= 15 is 0 Å². The average molecular weight is 228 g/mol. The topological polar surface area (TPSA) is 29.5 Å². The maximum atomic E-state index is 9.39. The molecule has 0 amide bonds. The third-order valence-corrected chi connectivity index (χ3v) is 2.67. The molecule has 0 aliphatic carbocycles. The van der Waals surface area contributed by atoms with Crippen LogP contribution in [0.5, 0.6) is 11.5 Å². The minimum absolute atomic E-state index is 0.306. The largest absolute Gasteiger partial charge is 0.508 e. The van der Waals surface area contributed by atoms with Crippen molar-refractivity contribution in [1.82, 2.24) is 0 Å². The van der Waals surface area contributed by atoms with Crippen molar-refractivity contribution < 1.29 is 9.84 Å². The van der Waals surface area contributed by atoms with Crippen LogP contribution in [-0.2, 0) is 6.42 Å². The van der Waals surface area contributed by atoms with E-state index in [2.05, 4.69) is 12.1 Å². The lowest BCUT2D eigenvalue weighted by atomic mass is 10.2. The van der Waals surface area contributed by atoms with Gasteiger partial charge in [0, 0.05) is 6.42 Å². The van der Waals surface area contributed by atoms with Crippen LogP contribution in [0.15, 0.2) is 48.5 Å². The van der Waals surface area contributed by atoms with Gasteiger partial charge in [-0.25, -0.2) is 0 Å². The van der Waals surface area contributed by atoms with Crippen LogP contribution in [0.1, 0.15) is 11.1 Å². The van der Waals surface area contributed by atoms with E-state index in [0.29, 0.717) is 12.4 Å². The third-order valence-electron chi connectivity index (χ3n) is 2.67. The molecule has 0 bridgehead atoms. The minimum Gasteiger partial charge on any atom is -0.508 e. The zero-order valence-corrected chi connectivity index (χ0v) is 9.89. The summed E-state index contributed by atoms with van der Waals surface area (Å²) in [7, 11) is 0. The van der Waals surface area contributed by atoms with Crippen LogP contribution in [0.25, 0.3) is 0 Å². The highest BCUT2D eigenvalue weighted by Crippen LogP contribution is 2.21. The summed E-state index contributed by atoms with van der Waals surface area (Å²) in [5.41, 5.74) is 2.10. The van der Waals surface area contributed by atoms with Gasteiger partial charge < -0.3 is 9.84 Å². The van der Waals surface area contributed by atoms with Crippen LogP contribution in [-0.4, -0.2) is 11.7 Å². The van der Waals surface area contributed by atoms with Crippen LogP contribution in [0.2, 0.25) is 0 Å². The first-order valence-electron chi connectivity index (χ1n) is 5.72. The molecule has 2 rings (SSSR count). The first kappa shape index (κ1) is 11.5. The summed E-state index contributed by atoms with van der Waals surface area (Å²) in [6.45, 7) is 2.51. The predicted molar refractivity (Wildman–Crippen MR) is 68.5 cm³/mol. The lowest BCUT2D eigenvalue weighted by Gasteiger charge is -2.07. The Morgan fingerprint density at radius 2 is 1.82 bits per heavy atom. The number of rotatable bonds is 4.